The third kappa shape index (κ3) is 5.25. The first-order chi connectivity index (χ1) is 15.9. The third-order valence-corrected chi connectivity index (χ3v) is 6.07. The minimum Gasteiger partial charge on any atom is -0.326 e. The van der Waals surface area contributed by atoms with Crippen molar-refractivity contribution in [1.82, 2.24) is 4.98 Å². The molecule has 9 heteroatoms. The number of halogens is 1. The van der Waals surface area contributed by atoms with Gasteiger partial charge in [-0.05, 0) is 30.7 Å². The first-order valence-corrected chi connectivity index (χ1v) is 11.5. The van der Waals surface area contributed by atoms with Gasteiger partial charge in [-0.25, -0.2) is 9.37 Å². The number of anilines is 3. The average molecular weight is 467 g/mol. The lowest BCUT2D eigenvalue weighted by molar-refractivity contribution is -0.122. The monoisotopic (exact) mass is 466 g/mol. The zero-order chi connectivity index (χ0) is 23.4. The van der Waals surface area contributed by atoms with Crippen LogP contribution in [0.25, 0.3) is 11.3 Å². The second kappa shape index (κ2) is 9.91. The van der Waals surface area contributed by atoms with Crippen molar-refractivity contribution in [1.29, 1.82) is 0 Å². The molecule has 1 aliphatic rings. The Labute approximate surface area is 194 Å². The van der Waals surface area contributed by atoms with Gasteiger partial charge >= 0.3 is 0 Å². The highest BCUT2D eigenvalue weighted by molar-refractivity contribution is 7.14. The summed E-state index contributed by atoms with van der Waals surface area (Å²) in [5.41, 5.74) is 2.44. The van der Waals surface area contributed by atoms with Crippen LogP contribution in [0.5, 0.6) is 0 Å². The highest BCUT2D eigenvalue weighted by Crippen LogP contribution is 2.30. The lowest BCUT2D eigenvalue weighted by Crippen LogP contribution is -2.28. The van der Waals surface area contributed by atoms with Gasteiger partial charge in [0, 0.05) is 36.0 Å². The molecule has 1 aromatic heterocycles. The molecule has 1 saturated heterocycles. The third-order valence-electron chi connectivity index (χ3n) is 5.31. The molecule has 2 heterocycles. The predicted molar refractivity (Wildman–Crippen MR) is 127 cm³/mol. The number of hydrogen-bond donors (Lipinski definition) is 2. The Kier molecular flexibility index (Phi) is 6.79. The molecule has 1 fully saturated rings. The number of benzene rings is 2. The molecule has 2 aromatic carbocycles. The summed E-state index contributed by atoms with van der Waals surface area (Å²) in [6.07, 6.45) is 1.28. The minimum absolute atomic E-state index is 0.0175. The Bertz CT molecular complexity index is 1180. The summed E-state index contributed by atoms with van der Waals surface area (Å²) in [6.45, 7) is 2.07. The van der Waals surface area contributed by atoms with E-state index in [0.717, 1.165) is 12.0 Å². The Morgan fingerprint density at radius 2 is 1.91 bits per heavy atom. The van der Waals surface area contributed by atoms with E-state index in [1.165, 1.54) is 28.4 Å². The summed E-state index contributed by atoms with van der Waals surface area (Å²) >= 11 is 1.28. The minimum atomic E-state index is -0.588. The molecule has 1 aliphatic heterocycles. The van der Waals surface area contributed by atoms with Gasteiger partial charge in [0.1, 0.15) is 5.82 Å². The van der Waals surface area contributed by atoms with E-state index in [1.54, 1.807) is 12.1 Å². The number of para-hydroxylation sites is 1. The molecule has 0 saturated carbocycles. The molecule has 0 bridgehead atoms. The van der Waals surface area contributed by atoms with E-state index in [1.807, 2.05) is 36.6 Å². The van der Waals surface area contributed by atoms with Crippen molar-refractivity contribution < 1.29 is 18.8 Å². The van der Waals surface area contributed by atoms with Crippen LogP contribution >= 0.6 is 11.3 Å². The molecule has 0 spiro atoms. The van der Waals surface area contributed by atoms with Crippen LogP contribution in [-0.2, 0) is 14.4 Å². The van der Waals surface area contributed by atoms with E-state index < -0.39 is 11.7 Å². The number of hydrogen-bond acceptors (Lipinski definition) is 5. The lowest BCUT2D eigenvalue weighted by atomic mass is 10.1. The van der Waals surface area contributed by atoms with Gasteiger partial charge < -0.3 is 15.5 Å². The molecule has 7 nitrogen and oxygen atoms in total. The van der Waals surface area contributed by atoms with Gasteiger partial charge in [0.25, 0.3) is 0 Å². The normalized spacial score (nSPS) is 15.5. The smallest absolute Gasteiger partial charge is 0.231 e. The molecule has 2 N–H and O–H groups in total. The number of carbonyl (C=O) groups is 3. The molecular formula is C24H23FN4O3S. The van der Waals surface area contributed by atoms with Crippen LogP contribution in [0.2, 0.25) is 0 Å². The van der Waals surface area contributed by atoms with E-state index in [2.05, 4.69) is 15.6 Å². The van der Waals surface area contributed by atoms with Crippen LogP contribution in [-0.4, -0.2) is 29.3 Å². The standard InChI is InChI=1S/C24H23FN4O3S/c1-2-5-21(30)26-17-10-8-15(9-11-17)19-14-33-24(27-19)28-23(32)16-12-22(31)29(13-16)20-7-4-3-6-18(20)25/h3-4,6-11,14,16H,2,5,12-13H2,1H3,(H,26,30)(H,27,28,32). The van der Waals surface area contributed by atoms with Gasteiger partial charge in [0.15, 0.2) is 5.13 Å². The molecule has 170 valence electrons. The zero-order valence-electron chi connectivity index (χ0n) is 18.0. The van der Waals surface area contributed by atoms with Gasteiger partial charge in [0.05, 0.1) is 17.3 Å². The number of amides is 3. The van der Waals surface area contributed by atoms with Gasteiger partial charge in [0.2, 0.25) is 17.7 Å². The number of nitrogens with zero attached hydrogens (tertiary/aromatic N) is 2. The van der Waals surface area contributed by atoms with Crippen LogP contribution < -0.4 is 15.5 Å². The Balaban J connectivity index is 1.38. The number of nitrogens with one attached hydrogen (secondary N) is 2. The van der Waals surface area contributed by atoms with Crippen molar-refractivity contribution in [3.63, 3.8) is 0 Å². The molecule has 0 aliphatic carbocycles. The van der Waals surface area contributed by atoms with Crippen LogP contribution in [0.1, 0.15) is 26.2 Å². The van der Waals surface area contributed by atoms with Crippen molar-refractivity contribution >= 4 is 45.6 Å². The van der Waals surface area contributed by atoms with Crippen molar-refractivity contribution in [2.24, 2.45) is 5.92 Å². The SMILES string of the molecule is CCCC(=O)Nc1ccc(-c2csc(NC(=O)C3CC(=O)N(c4ccccc4F)C3)n2)cc1. The molecule has 0 radical (unpaired) electrons. The molecule has 1 atom stereocenters. The molecule has 3 aromatic rings. The first-order valence-electron chi connectivity index (χ1n) is 10.7. The lowest BCUT2D eigenvalue weighted by Gasteiger charge is -2.17. The molecule has 3 amide bonds. The van der Waals surface area contributed by atoms with Gasteiger partial charge in [-0.15, -0.1) is 11.3 Å². The first kappa shape index (κ1) is 22.6. The maximum absolute atomic E-state index is 14.1. The Morgan fingerprint density at radius 3 is 2.64 bits per heavy atom. The fraction of sp³-hybridized carbons (Fsp3) is 0.250. The predicted octanol–water partition coefficient (Wildman–Crippen LogP) is 4.68. The van der Waals surface area contributed by atoms with Crippen LogP contribution in [0.3, 0.4) is 0 Å². The van der Waals surface area contributed by atoms with Gasteiger partial charge in [-0.3, -0.25) is 14.4 Å². The number of carbonyl (C=O) groups excluding carboxylic acids is 3. The van der Waals surface area contributed by atoms with Crippen LogP contribution in [0, 0.1) is 11.7 Å². The molecule has 4 rings (SSSR count). The molecule has 33 heavy (non-hydrogen) atoms. The van der Waals surface area contributed by atoms with E-state index >= 15 is 0 Å². The molecular weight excluding hydrogens is 443 g/mol. The average Bonchev–Trinajstić information content (AvgIpc) is 3.41. The maximum atomic E-state index is 14.1. The van der Waals surface area contributed by atoms with Crippen LogP contribution in [0.4, 0.5) is 20.9 Å². The van der Waals surface area contributed by atoms with E-state index in [-0.39, 0.29) is 36.4 Å². The summed E-state index contributed by atoms with van der Waals surface area (Å²) < 4.78 is 14.1. The fourth-order valence-corrected chi connectivity index (χ4v) is 4.36. The summed E-state index contributed by atoms with van der Waals surface area (Å²) in [4.78, 5) is 42.6. The summed E-state index contributed by atoms with van der Waals surface area (Å²) in [6, 6.07) is 13.3. The van der Waals surface area contributed by atoms with Crippen molar-refractivity contribution in [3.8, 4) is 11.3 Å². The second-order valence-corrected chi connectivity index (χ2v) is 8.62. The van der Waals surface area contributed by atoms with Crippen molar-refractivity contribution in [2.45, 2.75) is 26.2 Å². The van der Waals surface area contributed by atoms with Crippen molar-refractivity contribution in [3.05, 3.63) is 59.7 Å². The van der Waals surface area contributed by atoms with Gasteiger partial charge in [-0.2, -0.15) is 0 Å². The van der Waals surface area contributed by atoms with E-state index in [0.29, 0.717) is 22.9 Å². The van der Waals surface area contributed by atoms with Crippen LogP contribution in [0.15, 0.2) is 53.9 Å². The zero-order valence-corrected chi connectivity index (χ0v) is 18.8. The Hall–Kier alpha value is -3.59. The summed E-state index contributed by atoms with van der Waals surface area (Å²) in [5.74, 6) is -1.71. The summed E-state index contributed by atoms with van der Waals surface area (Å²) in [7, 11) is 0. The second-order valence-electron chi connectivity index (χ2n) is 7.76. The number of aromatic nitrogens is 1. The number of rotatable bonds is 7. The fourth-order valence-electron chi connectivity index (χ4n) is 3.63. The highest BCUT2D eigenvalue weighted by Gasteiger charge is 2.36. The quantitative estimate of drug-likeness (QED) is 0.529. The number of thiazole rings is 1. The van der Waals surface area contributed by atoms with Gasteiger partial charge in [-0.1, -0.05) is 31.2 Å². The maximum Gasteiger partial charge on any atom is 0.231 e. The largest absolute Gasteiger partial charge is 0.326 e. The summed E-state index contributed by atoms with van der Waals surface area (Å²) in [5, 5.41) is 7.86. The topological polar surface area (TPSA) is 91.4 Å². The van der Waals surface area contributed by atoms with E-state index in [9.17, 15) is 18.8 Å². The molecule has 1 unspecified atom stereocenters. The van der Waals surface area contributed by atoms with E-state index in [4.69, 9.17) is 0 Å². The Morgan fingerprint density at radius 1 is 1.15 bits per heavy atom. The highest BCUT2D eigenvalue weighted by atomic mass is 32.1. The van der Waals surface area contributed by atoms with Crippen molar-refractivity contribution in [2.75, 3.05) is 22.1 Å².